The summed E-state index contributed by atoms with van der Waals surface area (Å²) in [5.41, 5.74) is 8.16. The standard InChI is InChI=1S/C16H22N2O.ClH/c1-16(15(19)18-10-8-13(17)11-18)9-4-6-12-5-2-3-7-14(12)16;/h2-3,5,7,13H,4,6,8-11,17H2,1H3;1H/t13-,16?;/m1./s1. The molecule has 3 rings (SSSR count). The normalized spacial score (nSPS) is 28.7. The molecule has 0 saturated carbocycles. The molecule has 2 atom stereocenters. The Kier molecular flexibility index (Phi) is 4.40. The zero-order valence-electron chi connectivity index (χ0n) is 12.0. The number of nitrogens with two attached hydrogens (primary N) is 1. The first-order chi connectivity index (χ1) is 9.11. The summed E-state index contributed by atoms with van der Waals surface area (Å²) < 4.78 is 0. The van der Waals surface area contributed by atoms with Gasteiger partial charge in [-0.1, -0.05) is 24.3 Å². The van der Waals surface area contributed by atoms with Crippen LogP contribution in [0.4, 0.5) is 0 Å². The summed E-state index contributed by atoms with van der Waals surface area (Å²) in [5.74, 6) is 0.271. The van der Waals surface area contributed by atoms with E-state index in [1.807, 2.05) is 11.0 Å². The molecule has 110 valence electrons. The predicted octanol–water partition coefficient (Wildman–Crippen LogP) is 2.26. The van der Waals surface area contributed by atoms with Crippen LogP contribution in [0.1, 0.15) is 37.3 Å². The number of fused-ring (bicyclic) bond motifs is 1. The smallest absolute Gasteiger partial charge is 0.233 e. The van der Waals surface area contributed by atoms with Gasteiger partial charge in [-0.25, -0.2) is 0 Å². The van der Waals surface area contributed by atoms with E-state index >= 15 is 0 Å². The number of nitrogens with zero attached hydrogens (tertiary/aromatic N) is 1. The van der Waals surface area contributed by atoms with Crippen LogP contribution < -0.4 is 5.73 Å². The lowest BCUT2D eigenvalue weighted by atomic mass is 9.70. The second-order valence-corrected chi connectivity index (χ2v) is 6.14. The lowest BCUT2D eigenvalue weighted by molar-refractivity contribution is -0.136. The van der Waals surface area contributed by atoms with Crippen molar-refractivity contribution in [3.8, 4) is 0 Å². The van der Waals surface area contributed by atoms with Crippen molar-refractivity contribution >= 4 is 18.3 Å². The van der Waals surface area contributed by atoms with Crippen LogP contribution in [0.2, 0.25) is 0 Å². The van der Waals surface area contributed by atoms with Crippen molar-refractivity contribution in [2.75, 3.05) is 13.1 Å². The number of hydrogen-bond acceptors (Lipinski definition) is 2. The minimum Gasteiger partial charge on any atom is -0.340 e. The van der Waals surface area contributed by atoms with Crippen LogP contribution in [0.15, 0.2) is 24.3 Å². The summed E-state index contributed by atoms with van der Waals surface area (Å²) in [6, 6.07) is 8.57. The molecule has 1 amide bonds. The highest BCUT2D eigenvalue weighted by Crippen LogP contribution is 2.39. The van der Waals surface area contributed by atoms with Crippen LogP contribution in [0.3, 0.4) is 0 Å². The molecule has 1 aromatic rings. The molecule has 0 radical (unpaired) electrons. The van der Waals surface area contributed by atoms with Gasteiger partial charge in [0.05, 0.1) is 5.41 Å². The Balaban J connectivity index is 0.00000147. The number of hydrogen-bond donors (Lipinski definition) is 1. The molecular weight excluding hydrogens is 272 g/mol. The second-order valence-electron chi connectivity index (χ2n) is 6.14. The number of rotatable bonds is 1. The summed E-state index contributed by atoms with van der Waals surface area (Å²) in [7, 11) is 0. The van der Waals surface area contributed by atoms with E-state index in [-0.39, 0.29) is 29.8 Å². The fourth-order valence-electron chi connectivity index (χ4n) is 3.59. The fraction of sp³-hybridized carbons (Fsp3) is 0.562. The molecule has 0 spiro atoms. The number of likely N-dealkylation sites (tertiary alicyclic amines) is 1. The topological polar surface area (TPSA) is 46.3 Å². The van der Waals surface area contributed by atoms with Crippen LogP contribution in [-0.2, 0) is 16.6 Å². The maximum Gasteiger partial charge on any atom is 0.233 e. The number of benzene rings is 1. The summed E-state index contributed by atoms with van der Waals surface area (Å²) in [4.78, 5) is 14.9. The maximum absolute atomic E-state index is 12.9. The molecule has 20 heavy (non-hydrogen) atoms. The zero-order chi connectivity index (χ0) is 13.5. The van der Waals surface area contributed by atoms with Crippen LogP contribution in [-0.4, -0.2) is 29.9 Å². The minimum absolute atomic E-state index is 0. The molecule has 1 aromatic carbocycles. The van der Waals surface area contributed by atoms with Crippen LogP contribution in [0, 0.1) is 0 Å². The van der Waals surface area contributed by atoms with Crippen molar-refractivity contribution < 1.29 is 4.79 Å². The highest BCUT2D eigenvalue weighted by molar-refractivity contribution is 5.89. The van der Waals surface area contributed by atoms with E-state index in [1.54, 1.807) is 0 Å². The largest absolute Gasteiger partial charge is 0.340 e. The van der Waals surface area contributed by atoms with Gasteiger partial charge < -0.3 is 10.6 Å². The Hall–Kier alpha value is -1.06. The molecule has 1 aliphatic carbocycles. The van der Waals surface area contributed by atoms with Gasteiger partial charge in [0.1, 0.15) is 0 Å². The Labute approximate surface area is 126 Å². The van der Waals surface area contributed by atoms with E-state index in [9.17, 15) is 4.79 Å². The van der Waals surface area contributed by atoms with Crippen molar-refractivity contribution in [1.29, 1.82) is 0 Å². The highest BCUT2D eigenvalue weighted by Gasteiger charge is 2.42. The Bertz CT molecular complexity index is 505. The minimum atomic E-state index is -0.348. The number of carbonyl (C=O) groups excluding carboxylic acids is 1. The molecule has 3 nitrogen and oxygen atoms in total. The number of carbonyl (C=O) groups is 1. The molecule has 1 fully saturated rings. The van der Waals surface area contributed by atoms with Crippen molar-refractivity contribution in [3.63, 3.8) is 0 Å². The summed E-state index contributed by atoms with van der Waals surface area (Å²) in [6.07, 6.45) is 4.08. The Morgan fingerprint density at radius 2 is 2.15 bits per heavy atom. The van der Waals surface area contributed by atoms with Gasteiger partial charge in [-0.2, -0.15) is 0 Å². The SMILES string of the molecule is CC1(C(=O)N2CC[C@@H](N)C2)CCCc2ccccc21.Cl. The molecule has 2 N–H and O–H groups in total. The molecule has 1 saturated heterocycles. The monoisotopic (exact) mass is 294 g/mol. The number of amides is 1. The third-order valence-corrected chi connectivity index (χ3v) is 4.72. The summed E-state index contributed by atoms with van der Waals surface area (Å²) >= 11 is 0. The molecule has 1 heterocycles. The van der Waals surface area contributed by atoms with Gasteiger partial charge >= 0.3 is 0 Å². The predicted molar refractivity (Wildman–Crippen MR) is 83.2 cm³/mol. The summed E-state index contributed by atoms with van der Waals surface area (Å²) in [6.45, 7) is 3.64. The van der Waals surface area contributed by atoms with E-state index < -0.39 is 0 Å². The first kappa shape index (κ1) is 15.3. The molecule has 0 bridgehead atoms. The Morgan fingerprint density at radius 1 is 1.40 bits per heavy atom. The average Bonchev–Trinajstić information content (AvgIpc) is 2.85. The molecule has 0 aromatic heterocycles. The second kappa shape index (κ2) is 5.74. The van der Waals surface area contributed by atoms with Gasteiger partial charge in [0.25, 0.3) is 0 Å². The van der Waals surface area contributed by atoms with Gasteiger partial charge in [0.2, 0.25) is 5.91 Å². The van der Waals surface area contributed by atoms with Gasteiger partial charge in [-0.3, -0.25) is 4.79 Å². The van der Waals surface area contributed by atoms with Crippen molar-refractivity contribution in [2.45, 2.75) is 44.1 Å². The van der Waals surface area contributed by atoms with Gasteiger partial charge in [0, 0.05) is 19.1 Å². The third-order valence-electron chi connectivity index (χ3n) is 4.72. The number of halogens is 1. The zero-order valence-corrected chi connectivity index (χ0v) is 12.8. The van der Waals surface area contributed by atoms with E-state index in [2.05, 4.69) is 25.1 Å². The van der Waals surface area contributed by atoms with E-state index in [0.29, 0.717) is 0 Å². The quantitative estimate of drug-likeness (QED) is 0.863. The van der Waals surface area contributed by atoms with Crippen molar-refractivity contribution in [1.82, 2.24) is 4.90 Å². The summed E-state index contributed by atoms with van der Waals surface area (Å²) in [5, 5.41) is 0. The van der Waals surface area contributed by atoms with Gasteiger partial charge in [0.15, 0.2) is 0 Å². The first-order valence-electron chi connectivity index (χ1n) is 7.24. The van der Waals surface area contributed by atoms with E-state index in [0.717, 1.165) is 38.8 Å². The van der Waals surface area contributed by atoms with E-state index in [1.165, 1.54) is 11.1 Å². The van der Waals surface area contributed by atoms with Crippen LogP contribution in [0.5, 0.6) is 0 Å². The lowest BCUT2D eigenvalue weighted by Gasteiger charge is -2.37. The van der Waals surface area contributed by atoms with Crippen molar-refractivity contribution in [2.24, 2.45) is 5.73 Å². The molecular formula is C16H23ClN2O. The third kappa shape index (κ3) is 2.45. The maximum atomic E-state index is 12.9. The molecule has 4 heteroatoms. The number of aryl methyl sites for hydroxylation is 1. The Morgan fingerprint density at radius 3 is 2.85 bits per heavy atom. The van der Waals surface area contributed by atoms with Crippen molar-refractivity contribution in [3.05, 3.63) is 35.4 Å². The van der Waals surface area contributed by atoms with Crippen LogP contribution in [0.25, 0.3) is 0 Å². The van der Waals surface area contributed by atoms with E-state index in [4.69, 9.17) is 5.73 Å². The molecule has 1 unspecified atom stereocenters. The van der Waals surface area contributed by atoms with Gasteiger partial charge in [-0.15, -0.1) is 12.4 Å². The van der Waals surface area contributed by atoms with Crippen LogP contribution >= 0.6 is 12.4 Å². The molecule has 2 aliphatic rings. The molecule has 1 aliphatic heterocycles. The lowest BCUT2D eigenvalue weighted by Crippen LogP contribution is -2.46. The van der Waals surface area contributed by atoms with Gasteiger partial charge in [-0.05, 0) is 43.7 Å². The first-order valence-corrected chi connectivity index (χ1v) is 7.24. The fourth-order valence-corrected chi connectivity index (χ4v) is 3.59. The average molecular weight is 295 g/mol. The highest BCUT2D eigenvalue weighted by atomic mass is 35.5.